The van der Waals surface area contributed by atoms with E-state index in [1.165, 1.54) is 36.1 Å². The van der Waals surface area contributed by atoms with Gasteiger partial charge in [0, 0.05) is 75.7 Å². The zero-order chi connectivity index (χ0) is 47.0. The summed E-state index contributed by atoms with van der Waals surface area (Å²) in [5, 5.41) is 16.3. The number of piperidine rings is 1. The van der Waals surface area contributed by atoms with Gasteiger partial charge in [-0.1, -0.05) is 42.5 Å². The lowest BCUT2D eigenvalue weighted by Crippen LogP contribution is -2.68. The summed E-state index contributed by atoms with van der Waals surface area (Å²) in [4.78, 5) is 41.0. The first-order valence-corrected chi connectivity index (χ1v) is 25.9. The number of nitrogens with one attached hydrogen (secondary N) is 3. The maximum Gasteiger partial charge on any atom is 0.293 e. The fraction of sp³-hybridized carbons (Fsp3) is 0.529. The number of nitro benzene ring substituents is 1. The van der Waals surface area contributed by atoms with Gasteiger partial charge in [0.1, 0.15) is 23.2 Å². The van der Waals surface area contributed by atoms with E-state index in [1.807, 2.05) is 12.1 Å². The minimum Gasteiger partial charge on any atom is -0.482 e. The van der Waals surface area contributed by atoms with Gasteiger partial charge in [0.05, 0.1) is 28.7 Å². The van der Waals surface area contributed by atoms with E-state index in [9.17, 15) is 18.5 Å². The van der Waals surface area contributed by atoms with Crippen LogP contribution in [0.3, 0.4) is 0 Å². The van der Waals surface area contributed by atoms with Crippen LogP contribution in [0.2, 0.25) is 0 Å². The third-order valence-electron chi connectivity index (χ3n) is 15.5. The number of nitrogens with zero attached hydrogens (tertiary/aromatic N) is 5. The molecule has 1 spiro atoms. The van der Waals surface area contributed by atoms with Crippen molar-refractivity contribution in [1.82, 2.24) is 29.4 Å². The number of amides is 1. The number of anilines is 1. The molecule has 6 aliphatic rings. The number of likely N-dealkylation sites (tertiary alicyclic amines) is 2. The predicted molar refractivity (Wildman–Crippen MR) is 259 cm³/mol. The van der Waals surface area contributed by atoms with Crippen LogP contribution in [-0.2, 0) is 24.3 Å². The summed E-state index contributed by atoms with van der Waals surface area (Å²) in [6.07, 6.45) is 18.5. The second-order valence-electron chi connectivity index (χ2n) is 20.2. The van der Waals surface area contributed by atoms with Crippen molar-refractivity contribution >= 4 is 38.3 Å². The Kier molecular flexibility index (Phi) is 13.2. The second-order valence-corrected chi connectivity index (χ2v) is 21.9. The molecule has 3 saturated heterocycles. The molecule has 16 nitrogen and oxygen atoms in total. The number of fused-ring (bicyclic) bond motifs is 1. The van der Waals surface area contributed by atoms with E-state index in [0.717, 1.165) is 69.5 Å². The molecule has 68 heavy (non-hydrogen) atoms. The summed E-state index contributed by atoms with van der Waals surface area (Å²) >= 11 is 0. The molecule has 0 bridgehead atoms. The molecule has 17 heteroatoms. The van der Waals surface area contributed by atoms with Crippen molar-refractivity contribution in [2.24, 2.45) is 11.3 Å². The third kappa shape index (κ3) is 9.57. The Morgan fingerprint density at radius 2 is 1.81 bits per heavy atom. The van der Waals surface area contributed by atoms with Crippen LogP contribution in [0.25, 0.3) is 11.0 Å². The summed E-state index contributed by atoms with van der Waals surface area (Å²) in [5.74, 6) is 0.537. The van der Waals surface area contributed by atoms with Crippen molar-refractivity contribution < 1.29 is 32.3 Å². The average molecular weight is 949 g/mol. The molecule has 2 aromatic carbocycles. The van der Waals surface area contributed by atoms with Crippen LogP contribution < -0.4 is 14.8 Å². The molecule has 3 N–H and O–H groups in total. The molecular formula is C51H64N8O8S. The van der Waals surface area contributed by atoms with Gasteiger partial charge >= 0.3 is 0 Å². The minimum atomic E-state index is -4.62. The number of benzene rings is 2. The van der Waals surface area contributed by atoms with Crippen LogP contribution in [0, 0.1) is 21.4 Å². The molecule has 0 radical (unpaired) electrons. The first-order valence-electron chi connectivity index (χ1n) is 24.4. The van der Waals surface area contributed by atoms with Gasteiger partial charge in [-0.25, -0.2) is 18.1 Å². The number of H-pyrrole nitrogens is 1. The Balaban J connectivity index is 0.885. The van der Waals surface area contributed by atoms with Crippen molar-refractivity contribution in [3.8, 4) is 5.75 Å². The number of sulfonamides is 1. The molecule has 1 amide bonds. The van der Waals surface area contributed by atoms with E-state index >= 15 is 4.79 Å². The Hall–Kier alpha value is -5.17. The molecule has 10 rings (SSSR count). The monoisotopic (exact) mass is 948 g/mol. The number of rotatable bonds is 17. The molecule has 5 heterocycles. The van der Waals surface area contributed by atoms with Crippen molar-refractivity contribution in [2.75, 3.05) is 72.0 Å². The molecule has 5 fully saturated rings. The minimum absolute atomic E-state index is 0.0721. The van der Waals surface area contributed by atoms with Crippen LogP contribution in [0.5, 0.6) is 5.75 Å². The molecule has 2 aromatic heterocycles. The number of nitro groups is 1. The SMILES string of the molecule is CN(C)CCOC1CC(c2ccccc2C2CC2)N(C2CC3(CCN(C4(C(=O)NS(=O)(=O)c5ccc(NCC6CCOCC6)c([N+](=O)[O-])c5)C=CC=CC4Oc4cnc5[nH]ccc5c4)CC3)C2)C1. The van der Waals surface area contributed by atoms with Gasteiger partial charge in [-0.2, -0.15) is 0 Å². The van der Waals surface area contributed by atoms with Gasteiger partial charge in [-0.3, -0.25) is 24.7 Å². The van der Waals surface area contributed by atoms with Crippen molar-refractivity contribution in [3.05, 3.63) is 113 Å². The number of aromatic nitrogens is 2. The Labute approximate surface area is 398 Å². The predicted octanol–water partition coefficient (Wildman–Crippen LogP) is 6.94. The molecule has 362 valence electrons. The van der Waals surface area contributed by atoms with Crippen molar-refractivity contribution in [3.63, 3.8) is 0 Å². The number of allylic oxidation sites excluding steroid dienone is 2. The number of ether oxygens (including phenoxy) is 3. The van der Waals surface area contributed by atoms with Crippen LogP contribution >= 0.6 is 0 Å². The average Bonchev–Trinajstić information content (AvgIpc) is 3.93. The summed E-state index contributed by atoms with van der Waals surface area (Å²) in [6.45, 7) is 5.29. The first-order chi connectivity index (χ1) is 32.9. The Morgan fingerprint density at radius 1 is 1.03 bits per heavy atom. The lowest BCUT2D eigenvalue weighted by molar-refractivity contribution is -0.384. The molecule has 2 saturated carbocycles. The second kappa shape index (κ2) is 19.3. The first kappa shape index (κ1) is 46.6. The highest BCUT2D eigenvalue weighted by atomic mass is 32.2. The lowest BCUT2D eigenvalue weighted by Gasteiger charge is -2.58. The number of aromatic amines is 1. The van der Waals surface area contributed by atoms with Crippen molar-refractivity contribution in [1.29, 1.82) is 0 Å². The summed E-state index contributed by atoms with van der Waals surface area (Å²) in [7, 11) is -0.462. The van der Waals surface area contributed by atoms with Crippen LogP contribution in [-0.4, -0.2) is 134 Å². The van der Waals surface area contributed by atoms with Gasteiger partial charge in [-0.05, 0) is 131 Å². The van der Waals surface area contributed by atoms with E-state index in [0.29, 0.717) is 68.9 Å². The number of likely N-dealkylation sites (N-methyl/N-ethyl adjacent to an activating group) is 1. The number of pyridine rings is 1. The number of hydrogen-bond donors (Lipinski definition) is 3. The molecule has 4 unspecified atom stereocenters. The maximum absolute atomic E-state index is 15.1. The van der Waals surface area contributed by atoms with Gasteiger partial charge < -0.3 is 29.4 Å². The zero-order valence-electron chi connectivity index (χ0n) is 39.1. The standard InChI is InChI=1S/C51H64N8O8S/c1-56(2)23-26-66-40-28-45(43-8-4-3-7-42(43)36-10-11-36)58(34-40)38-30-50(31-38)18-21-57(22-19-50)51(17-6-5-9-47(51)67-39-27-37-14-20-52-48(37)54-33-39)49(60)55-68(63,64)41-12-13-44(46(29-41)59(61)62)53-32-35-15-24-65-25-16-35/h3-9,12-14,17,20,27,29,33,35-36,38,40,45,47,53H,10-11,15-16,18-19,21-26,28,30-32,34H2,1-2H3,(H,52,54)(H,55,60). The topological polar surface area (TPSA) is 184 Å². The Bertz CT molecular complexity index is 2650. The van der Waals surface area contributed by atoms with E-state index in [4.69, 9.17) is 14.2 Å². The smallest absolute Gasteiger partial charge is 0.293 e. The lowest BCUT2D eigenvalue weighted by atomic mass is 9.59. The normalized spacial score (nSPS) is 25.8. The molecular weight excluding hydrogens is 885 g/mol. The highest BCUT2D eigenvalue weighted by Crippen LogP contribution is 2.56. The molecule has 4 aromatic rings. The highest BCUT2D eigenvalue weighted by molar-refractivity contribution is 7.90. The fourth-order valence-electron chi connectivity index (χ4n) is 11.5. The summed E-state index contributed by atoms with van der Waals surface area (Å²) < 4.78 is 49.6. The van der Waals surface area contributed by atoms with E-state index in [2.05, 4.69) is 73.1 Å². The summed E-state index contributed by atoms with van der Waals surface area (Å²) in [6, 6.07) is 17.2. The molecule has 4 atom stereocenters. The maximum atomic E-state index is 15.1. The largest absolute Gasteiger partial charge is 0.482 e. The molecule has 3 aliphatic carbocycles. The quantitative estimate of drug-likeness (QED) is 0.0732. The van der Waals surface area contributed by atoms with Crippen LogP contribution in [0.15, 0.2) is 96.2 Å². The van der Waals surface area contributed by atoms with Gasteiger partial charge in [0.15, 0.2) is 5.54 Å². The molecule has 3 aliphatic heterocycles. The van der Waals surface area contributed by atoms with Gasteiger partial charge in [0.2, 0.25) is 0 Å². The van der Waals surface area contributed by atoms with Gasteiger partial charge in [-0.15, -0.1) is 0 Å². The van der Waals surface area contributed by atoms with E-state index in [-0.39, 0.29) is 28.0 Å². The number of carbonyl (C=O) groups excluding carboxylic acids is 1. The van der Waals surface area contributed by atoms with E-state index in [1.54, 1.807) is 36.7 Å². The number of hydrogen-bond acceptors (Lipinski definition) is 13. The zero-order valence-corrected chi connectivity index (χ0v) is 39.9. The number of carbonyl (C=O) groups is 1. The fourth-order valence-corrected chi connectivity index (χ4v) is 12.6. The summed E-state index contributed by atoms with van der Waals surface area (Å²) in [5.41, 5.74) is 1.93. The van der Waals surface area contributed by atoms with E-state index < -0.39 is 38.2 Å². The van der Waals surface area contributed by atoms with Crippen LogP contribution in [0.4, 0.5) is 11.4 Å². The third-order valence-corrected chi connectivity index (χ3v) is 16.9. The highest BCUT2D eigenvalue weighted by Gasteiger charge is 2.57. The Morgan fingerprint density at radius 3 is 2.56 bits per heavy atom. The van der Waals surface area contributed by atoms with Crippen LogP contribution in [0.1, 0.15) is 80.9 Å². The van der Waals surface area contributed by atoms with Crippen molar-refractivity contribution in [2.45, 2.75) is 98.4 Å². The van der Waals surface area contributed by atoms with Gasteiger partial charge in [0.25, 0.3) is 21.6 Å².